The summed E-state index contributed by atoms with van der Waals surface area (Å²) in [6.45, 7) is 5.01. The Morgan fingerprint density at radius 3 is 2.73 bits per heavy atom. The van der Waals surface area contributed by atoms with Crippen LogP contribution < -0.4 is 9.80 Å². The van der Waals surface area contributed by atoms with E-state index in [4.69, 9.17) is 11.6 Å². The Labute approximate surface area is 158 Å². The molecule has 0 N–H and O–H groups in total. The van der Waals surface area contributed by atoms with E-state index in [0.29, 0.717) is 18.1 Å². The maximum Gasteiger partial charge on any atom is 0.232 e. The van der Waals surface area contributed by atoms with Crippen LogP contribution in [0.25, 0.3) is 0 Å². The highest BCUT2D eigenvalue weighted by Crippen LogP contribution is 2.37. The van der Waals surface area contributed by atoms with Crippen molar-refractivity contribution in [1.29, 1.82) is 0 Å². The maximum atomic E-state index is 13.1. The van der Waals surface area contributed by atoms with Crippen molar-refractivity contribution in [3.8, 4) is 0 Å². The molecule has 2 aliphatic rings. The molecular weight excluding hydrogens is 348 g/mol. The topological polar surface area (TPSA) is 40.6 Å². The number of anilines is 2. The standard InChI is InChI=1S/C21H21ClN2O2/c1-13-9-14(2)20(17(22)10-13)24-12-16(11-19(24)25)21(26)23-8-7-15-5-3-4-6-18(15)23/h3-6,9-10,16H,7-8,11-12H2,1-2H3. The number of hydrogen-bond acceptors (Lipinski definition) is 2. The lowest BCUT2D eigenvalue weighted by Crippen LogP contribution is -2.36. The summed E-state index contributed by atoms with van der Waals surface area (Å²) in [4.78, 5) is 29.2. The van der Waals surface area contributed by atoms with Crippen LogP contribution in [0.2, 0.25) is 5.02 Å². The first-order chi connectivity index (χ1) is 12.5. The van der Waals surface area contributed by atoms with Crippen molar-refractivity contribution >= 4 is 34.8 Å². The zero-order valence-electron chi connectivity index (χ0n) is 15.0. The fourth-order valence-corrected chi connectivity index (χ4v) is 4.55. The number of nitrogens with zero attached hydrogens (tertiary/aromatic N) is 2. The first-order valence-corrected chi connectivity index (χ1v) is 9.30. The summed E-state index contributed by atoms with van der Waals surface area (Å²) in [6.07, 6.45) is 1.11. The van der Waals surface area contributed by atoms with E-state index in [0.717, 1.165) is 28.9 Å². The summed E-state index contributed by atoms with van der Waals surface area (Å²) in [6, 6.07) is 11.9. The maximum absolute atomic E-state index is 13.1. The van der Waals surface area contributed by atoms with E-state index in [1.807, 2.05) is 49.1 Å². The van der Waals surface area contributed by atoms with Gasteiger partial charge < -0.3 is 9.80 Å². The van der Waals surface area contributed by atoms with Gasteiger partial charge in [0.25, 0.3) is 0 Å². The molecule has 134 valence electrons. The molecular formula is C21H21ClN2O2. The molecule has 1 saturated heterocycles. The van der Waals surface area contributed by atoms with Gasteiger partial charge in [-0.25, -0.2) is 0 Å². The number of halogens is 1. The van der Waals surface area contributed by atoms with Gasteiger partial charge >= 0.3 is 0 Å². The Hall–Kier alpha value is -2.33. The van der Waals surface area contributed by atoms with Gasteiger partial charge in [-0.3, -0.25) is 9.59 Å². The number of carbonyl (C=O) groups is 2. The SMILES string of the molecule is Cc1cc(C)c(N2CC(C(=O)N3CCc4ccccc43)CC2=O)c(Cl)c1. The van der Waals surface area contributed by atoms with Crippen LogP contribution in [0, 0.1) is 19.8 Å². The number of benzene rings is 2. The monoisotopic (exact) mass is 368 g/mol. The van der Waals surface area contributed by atoms with Crippen LogP contribution in [0.15, 0.2) is 36.4 Å². The van der Waals surface area contributed by atoms with Crippen molar-refractivity contribution in [2.45, 2.75) is 26.7 Å². The third-order valence-electron chi connectivity index (χ3n) is 5.30. The fraction of sp³-hybridized carbons (Fsp3) is 0.333. The number of carbonyl (C=O) groups excluding carboxylic acids is 2. The van der Waals surface area contributed by atoms with Gasteiger partial charge in [-0.2, -0.15) is 0 Å². The zero-order valence-corrected chi connectivity index (χ0v) is 15.7. The number of rotatable bonds is 2. The number of fused-ring (bicyclic) bond motifs is 1. The molecule has 0 radical (unpaired) electrons. The van der Waals surface area contributed by atoms with E-state index >= 15 is 0 Å². The Balaban J connectivity index is 1.58. The van der Waals surface area contributed by atoms with Crippen molar-refractivity contribution in [1.82, 2.24) is 0 Å². The Bertz CT molecular complexity index is 886. The van der Waals surface area contributed by atoms with Crippen LogP contribution in [-0.4, -0.2) is 24.9 Å². The largest absolute Gasteiger partial charge is 0.312 e. The minimum atomic E-state index is -0.328. The van der Waals surface area contributed by atoms with E-state index in [2.05, 4.69) is 6.07 Å². The van der Waals surface area contributed by atoms with Gasteiger partial charge in [0.2, 0.25) is 11.8 Å². The molecule has 1 fully saturated rings. The van der Waals surface area contributed by atoms with Gasteiger partial charge in [-0.05, 0) is 49.1 Å². The summed E-state index contributed by atoms with van der Waals surface area (Å²) in [7, 11) is 0. The molecule has 4 nitrogen and oxygen atoms in total. The molecule has 0 spiro atoms. The highest BCUT2D eigenvalue weighted by atomic mass is 35.5. The molecule has 0 aromatic heterocycles. The molecule has 2 aliphatic heterocycles. The normalized spacial score (nSPS) is 19.2. The third-order valence-corrected chi connectivity index (χ3v) is 5.58. The number of aryl methyl sites for hydroxylation is 2. The van der Waals surface area contributed by atoms with Crippen molar-refractivity contribution in [2.24, 2.45) is 5.92 Å². The molecule has 26 heavy (non-hydrogen) atoms. The zero-order chi connectivity index (χ0) is 18.4. The lowest BCUT2D eigenvalue weighted by atomic mass is 10.1. The minimum Gasteiger partial charge on any atom is -0.312 e. The van der Waals surface area contributed by atoms with Gasteiger partial charge in [0.05, 0.1) is 16.6 Å². The number of amides is 2. The van der Waals surface area contributed by atoms with Crippen LogP contribution in [0.5, 0.6) is 0 Å². The fourth-order valence-electron chi connectivity index (χ4n) is 4.13. The summed E-state index contributed by atoms with van der Waals surface area (Å²) in [5.74, 6) is -0.332. The van der Waals surface area contributed by atoms with Gasteiger partial charge in [0.15, 0.2) is 0 Å². The molecule has 1 atom stereocenters. The van der Waals surface area contributed by atoms with Crippen LogP contribution in [0.1, 0.15) is 23.1 Å². The molecule has 2 aromatic carbocycles. The van der Waals surface area contributed by atoms with E-state index in [1.54, 1.807) is 4.90 Å². The second-order valence-electron chi connectivity index (χ2n) is 7.19. The predicted molar refractivity (Wildman–Crippen MR) is 104 cm³/mol. The van der Waals surface area contributed by atoms with Gasteiger partial charge in [0, 0.05) is 25.2 Å². The molecule has 0 aliphatic carbocycles. The van der Waals surface area contributed by atoms with E-state index in [-0.39, 0.29) is 24.2 Å². The van der Waals surface area contributed by atoms with Crippen LogP contribution >= 0.6 is 11.6 Å². The Morgan fingerprint density at radius 1 is 1.19 bits per heavy atom. The molecule has 2 heterocycles. The molecule has 5 heteroatoms. The van der Waals surface area contributed by atoms with Crippen LogP contribution in [-0.2, 0) is 16.0 Å². The molecule has 2 aromatic rings. The number of hydrogen-bond donors (Lipinski definition) is 0. The van der Waals surface area contributed by atoms with E-state index in [1.165, 1.54) is 5.56 Å². The number of para-hydroxylation sites is 1. The molecule has 0 saturated carbocycles. The van der Waals surface area contributed by atoms with Crippen LogP contribution in [0.4, 0.5) is 11.4 Å². The molecule has 4 rings (SSSR count). The second-order valence-corrected chi connectivity index (χ2v) is 7.59. The van der Waals surface area contributed by atoms with E-state index < -0.39 is 0 Å². The molecule has 1 unspecified atom stereocenters. The van der Waals surface area contributed by atoms with Gasteiger partial charge in [-0.15, -0.1) is 0 Å². The average molecular weight is 369 g/mol. The summed E-state index contributed by atoms with van der Waals surface area (Å²) in [5.41, 5.74) is 4.93. The van der Waals surface area contributed by atoms with Crippen molar-refractivity contribution in [3.05, 3.63) is 58.1 Å². The predicted octanol–water partition coefficient (Wildman–Crippen LogP) is 3.90. The first-order valence-electron chi connectivity index (χ1n) is 8.92. The highest BCUT2D eigenvalue weighted by Gasteiger charge is 2.39. The quantitative estimate of drug-likeness (QED) is 0.806. The highest BCUT2D eigenvalue weighted by molar-refractivity contribution is 6.34. The summed E-state index contributed by atoms with van der Waals surface area (Å²) >= 11 is 6.41. The van der Waals surface area contributed by atoms with Gasteiger partial charge in [-0.1, -0.05) is 35.9 Å². The smallest absolute Gasteiger partial charge is 0.232 e. The average Bonchev–Trinajstić information content (AvgIpc) is 3.18. The van der Waals surface area contributed by atoms with Crippen molar-refractivity contribution in [2.75, 3.05) is 22.9 Å². The van der Waals surface area contributed by atoms with Crippen molar-refractivity contribution in [3.63, 3.8) is 0 Å². The van der Waals surface area contributed by atoms with E-state index in [9.17, 15) is 9.59 Å². The third kappa shape index (κ3) is 2.78. The molecule has 0 bridgehead atoms. The minimum absolute atomic E-state index is 0.0340. The lowest BCUT2D eigenvalue weighted by molar-refractivity contribution is -0.124. The second kappa shape index (κ2) is 6.44. The van der Waals surface area contributed by atoms with Crippen LogP contribution in [0.3, 0.4) is 0 Å². The first kappa shape index (κ1) is 17.1. The summed E-state index contributed by atoms with van der Waals surface area (Å²) in [5, 5.41) is 0.565. The Morgan fingerprint density at radius 2 is 1.96 bits per heavy atom. The van der Waals surface area contributed by atoms with Gasteiger partial charge in [0.1, 0.15) is 0 Å². The molecule has 2 amide bonds. The Kier molecular flexibility index (Phi) is 4.23. The lowest BCUT2D eigenvalue weighted by Gasteiger charge is -2.23. The summed E-state index contributed by atoms with van der Waals surface area (Å²) < 4.78 is 0. The van der Waals surface area contributed by atoms with Crippen molar-refractivity contribution < 1.29 is 9.59 Å².